The van der Waals surface area contributed by atoms with E-state index in [0.29, 0.717) is 134 Å². The number of nitriles is 3. The number of hydrogen-bond donors (Lipinski definition) is 2. The molecule has 135 heavy (non-hydrogen) atoms. The second kappa shape index (κ2) is 40.6. The molecule has 6 saturated heterocycles. The van der Waals surface area contributed by atoms with Crippen LogP contribution in [0, 0.1) is 34.0 Å². The molecule has 20 rings (SSSR count). The van der Waals surface area contributed by atoms with Gasteiger partial charge in [0.05, 0.1) is 104 Å². The van der Waals surface area contributed by atoms with Crippen molar-refractivity contribution in [1.29, 1.82) is 15.8 Å². The number of carbonyl (C=O) groups excluding carboxylic acids is 2. The standard InChI is InChI=1S/C38H38N6O5S.C34H31N5O4S.C32H34N6O3/c1-41(2)26-37(45)43-17-15-31(25-43)49-36-13-10-28(22-29(36)24-39)33-14-16-40-38-34(33)23-35(44(38)50(46,47)32-6-4-3-5-7-32)27-8-11-30(12-9-27)42-18-20-48-21-19-42;35-22-26-20-25(8-11-33(26)43-28-12-14-36-23-28)30-13-15-37-34-31(30)21-32(39(34)44(40,41)29-4-2-1-3-5-29)24-6-9-27(10-7-24)38-16-18-42-19-17-38;1-36(2)21-31(39)38-12-10-26(20-38)41-30-8-5-23(17-24(30)19-33)27-9-11-34-32-28(27)18-29(35-32)22-3-6-25(7-4-22)37-13-15-40-16-14-37/h3-14,16,22-23,31H,15,17-21,25-26H2,1-2H3;1-11,13,15,20-21,28,36H,12,14,16-19,23H2;3-9,11,17-18,26H,10,12-16,20-21H2,1-2H3,(H,34,35)/t31-;28-;26-/m111/s1. The molecule has 688 valence electrons. The molecule has 0 spiro atoms. The number of nitrogens with zero attached hydrogens (tertiary/aromatic N) is 15. The maximum absolute atomic E-state index is 14.3. The monoisotopic (exact) mass is 1850 g/mol. The lowest BCUT2D eigenvalue weighted by molar-refractivity contribution is -0.131. The predicted octanol–water partition coefficient (Wildman–Crippen LogP) is 14.1. The van der Waals surface area contributed by atoms with E-state index in [1.165, 1.54) is 13.6 Å². The minimum absolute atomic E-state index is 0.0231. The van der Waals surface area contributed by atoms with Crippen LogP contribution in [0.5, 0.6) is 17.2 Å². The third kappa shape index (κ3) is 20.0. The van der Waals surface area contributed by atoms with E-state index in [9.17, 15) is 42.2 Å². The van der Waals surface area contributed by atoms with Crippen molar-refractivity contribution >= 4 is 82.0 Å². The number of likely N-dealkylation sites (N-methyl/N-ethyl adjacent to an activating group) is 2. The molecule has 29 nitrogen and oxygen atoms in total. The highest BCUT2D eigenvalue weighted by Crippen LogP contribution is 2.43. The van der Waals surface area contributed by atoms with Crippen molar-refractivity contribution in [2.75, 3.05) is 174 Å². The number of morpholine rings is 3. The first-order valence-electron chi connectivity index (χ1n) is 45.3. The van der Waals surface area contributed by atoms with Gasteiger partial charge in [-0.2, -0.15) is 15.8 Å². The normalized spacial score (nSPS) is 16.9. The fourth-order valence-electron chi connectivity index (χ4n) is 18.1. The maximum atomic E-state index is 14.3. The Hall–Kier alpha value is -14.3. The van der Waals surface area contributed by atoms with Gasteiger partial charge in [-0.3, -0.25) is 9.59 Å². The number of aromatic amines is 1. The summed E-state index contributed by atoms with van der Waals surface area (Å²) in [5, 5.41) is 35.6. The lowest BCUT2D eigenvalue weighted by atomic mass is 10.0. The lowest BCUT2D eigenvalue weighted by Crippen LogP contribution is -2.37. The summed E-state index contributed by atoms with van der Waals surface area (Å²) in [6.45, 7) is 13.8. The van der Waals surface area contributed by atoms with Crippen molar-refractivity contribution in [3.8, 4) is 103 Å². The van der Waals surface area contributed by atoms with Crippen LogP contribution in [0.2, 0.25) is 0 Å². The number of nitrogens with one attached hydrogen (secondary N) is 2. The van der Waals surface area contributed by atoms with E-state index in [0.717, 1.165) is 157 Å². The minimum atomic E-state index is -4.06. The topological polar surface area (TPSA) is 328 Å². The smallest absolute Gasteiger partial charge is 0.269 e. The second-order valence-electron chi connectivity index (χ2n) is 34.6. The summed E-state index contributed by atoms with van der Waals surface area (Å²) < 4.78 is 94.7. The number of anilines is 3. The van der Waals surface area contributed by atoms with Gasteiger partial charge in [-0.15, -0.1) is 0 Å². The molecule has 0 radical (unpaired) electrons. The third-order valence-corrected chi connectivity index (χ3v) is 28.5. The molecule has 0 unspecified atom stereocenters. The average Bonchev–Trinajstić information content (AvgIpc) is 1.59. The Morgan fingerprint density at radius 1 is 0.415 bits per heavy atom. The molecule has 0 bridgehead atoms. The van der Waals surface area contributed by atoms with Crippen LogP contribution in [-0.2, 0) is 43.8 Å². The summed E-state index contributed by atoms with van der Waals surface area (Å²) in [4.78, 5) is 56.7. The molecule has 3 atom stereocenters. The van der Waals surface area contributed by atoms with Crippen LogP contribution in [0.25, 0.3) is 100 Å². The van der Waals surface area contributed by atoms with Gasteiger partial charge in [0, 0.05) is 129 Å². The molecule has 0 saturated carbocycles. The van der Waals surface area contributed by atoms with Gasteiger partial charge in [0.2, 0.25) is 11.8 Å². The van der Waals surface area contributed by atoms with E-state index in [2.05, 4.69) is 88.5 Å². The fraction of sp³-hybridized carbons (Fsp3) is 0.288. The quantitative estimate of drug-likeness (QED) is 0.0601. The predicted molar refractivity (Wildman–Crippen MR) is 520 cm³/mol. The maximum Gasteiger partial charge on any atom is 0.269 e. The van der Waals surface area contributed by atoms with Crippen LogP contribution in [0.1, 0.15) is 36.0 Å². The van der Waals surface area contributed by atoms with Crippen molar-refractivity contribution in [2.45, 2.75) is 47.4 Å². The van der Waals surface area contributed by atoms with E-state index in [-0.39, 0.29) is 45.6 Å². The highest BCUT2D eigenvalue weighted by atomic mass is 32.2. The molecule has 6 aliphatic heterocycles. The fourth-order valence-corrected chi connectivity index (χ4v) is 21.2. The van der Waals surface area contributed by atoms with Gasteiger partial charge in [0.15, 0.2) is 11.3 Å². The Morgan fingerprint density at radius 3 is 1.15 bits per heavy atom. The number of hydrogen-bond acceptors (Lipinski definition) is 24. The van der Waals surface area contributed by atoms with Crippen molar-refractivity contribution in [3.63, 3.8) is 0 Å². The highest BCUT2D eigenvalue weighted by Gasteiger charge is 2.34. The molecule has 14 aromatic rings. The second-order valence-corrected chi connectivity index (χ2v) is 38.1. The zero-order chi connectivity index (χ0) is 93.3. The summed E-state index contributed by atoms with van der Waals surface area (Å²) in [6.07, 6.45) is 6.97. The molecular weight excluding hydrogens is 1740 g/mol. The lowest BCUT2D eigenvalue weighted by Gasteiger charge is -2.28. The van der Waals surface area contributed by atoms with Crippen LogP contribution in [0.15, 0.2) is 253 Å². The van der Waals surface area contributed by atoms with E-state index >= 15 is 0 Å². The molecular formula is C104H103N17O12S2. The molecule has 31 heteroatoms. The van der Waals surface area contributed by atoms with Gasteiger partial charge < -0.3 is 73.0 Å². The number of aromatic nitrogens is 6. The zero-order valence-electron chi connectivity index (χ0n) is 75.5. The summed E-state index contributed by atoms with van der Waals surface area (Å²) >= 11 is 0. The van der Waals surface area contributed by atoms with Crippen molar-refractivity contribution < 1.29 is 54.8 Å². The van der Waals surface area contributed by atoms with E-state index in [1.807, 2.05) is 158 Å². The Labute approximate surface area is 784 Å². The molecule has 8 aromatic carbocycles. The number of pyridine rings is 3. The number of rotatable bonds is 23. The van der Waals surface area contributed by atoms with Gasteiger partial charge >= 0.3 is 0 Å². The average molecular weight is 1850 g/mol. The Bertz CT molecular complexity index is 7040. The van der Waals surface area contributed by atoms with Gasteiger partial charge in [0.1, 0.15) is 59.4 Å². The van der Waals surface area contributed by atoms with Gasteiger partial charge in [-0.05, 0) is 225 Å². The van der Waals surface area contributed by atoms with E-state index < -0.39 is 20.0 Å². The zero-order valence-corrected chi connectivity index (χ0v) is 77.1. The SMILES string of the molecule is CN(C)CC(=O)N1CC[C@@H](Oc2ccc(-c3ccnc4[nH]c(-c5ccc(N6CCOCC6)cc5)cc34)cc2C#N)C1.CN(C)CC(=O)N1CC[C@@H](Oc2ccc(-c3ccnc4c3cc(-c3ccc(N5CCOCC5)cc3)n4S(=O)(=O)c3ccccc3)cc2C#N)C1.N#Cc1cc(-c2ccnc3c2cc(-c2ccc(N4CCOCC4)cc2)n3S(=O)(=O)c2ccccc2)ccc1O[C@@H]1CCNC1. The first kappa shape index (κ1) is 91.2. The first-order valence-corrected chi connectivity index (χ1v) is 48.2. The van der Waals surface area contributed by atoms with Crippen LogP contribution in [0.4, 0.5) is 17.1 Å². The summed E-state index contributed by atoms with van der Waals surface area (Å²) in [6, 6.07) is 76.1. The molecule has 6 aliphatic rings. The van der Waals surface area contributed by atoms with Gasteiger partial charge in [-0.1, -0.05) is 91.0 Å². The third-order valence-electron chi connectivity index (χ3n) is 25.1. The van der Waals surface area contributed by atoms with Crippen LogP contribution >= 0.6 is 0 Å². The highest BCUT2D eigenvalue weighted by molar-refractivity contribution is 7.90. The molecule has 2 amide bonds. The van der Waals surface area contributed by atoms with Crippen molar-refractivity contribution in [3.05, 3.63) is 260 Å². The van der Waals surface area contributed by atoms with Gasteiger partial charge in [-0.25, -0.2) is 39.7 Å². The Kier molecular flexibility index (Phi) is 27.5. The molecule has 6 fully saturated rings. The van der Waals surface area contributed by atoms with E-state index in [1.54, 1.807) is 102 Å². The number of benzene rings is 8. The number of fused-ring (bicyclic) bond motifs is 3. The van der Waals surface area contributed by atoms with Gasteiger partial charge in [0.25, 0.3) is 20.0 Å². The minimum Gasteiger partial charge on any atom is -0.488 e. The molecule has 0 aliphatic carbocycles. The summed E-state index contributed by atoms with van der Waals surface area (Å²) in [7, 11) is -0.574. The van der Waals surface area contributed by atoms with E-state index in [4.69, 9.17) is 28.4 Å². The van der Waals surface area contributed by atoms with Crippen LogP contribution < -0.4 is 34.2 Å². The molecule has 2 N–H and O–H groups in total. The summed E-state index contributed by atoms with van der Waals surface area (Å²) in [5.74, 6) is 1.67. The number of amides is 2. The molecule has 6 aromatic heterocycles. The van der Waals surface area contributed by atoms with Crippen molar-refractivity contribution in [2.24, 2.45) is 0 Å². The van der Waals surface area contributed by atoms with Crippen LogP contribution in [0.3, 0.4) is 0 Å². The largest absolute Gasteiger partial charge is 0.488 e. The Morgan fingerprint density at radius 2 is 0.778 bits per heavy atom. The van der Waals surface area contributed by atoms with Crippen molar-refractivity contribution in [1.82, 2.24) is 52.8 Å². The summed E-state index contributed by atoms with van der Waals surface area (Å²) in [5.41, 5.74) is 15.4. The Balaban J connectivity index is 0.000000136. The molecule has 12 heterocycles. The van der Waals surface area contributed by atoms with Crippen LogP contribution in [-0.4, -0.2) is 254 Å². The number of H-pyrrole nitrogens is 1. The first-order chi connectivity index (χ1) is 65.7. The number of likely N-dealkylation sites (tertiary alicyclic amines) is 2. The number of ether oxygens (including phenoxy) is 6. The number of carbonyl (C=O) groups is 2.